The van der Waals surface area contributed by atoms with Crippen molar-refractivity contribution in [2.75, 3.05) is 26.1 Å². The predicted molar refractivity (Wildman–Crippen MR) is 109 cm³/mol. The summed E-state index contributed by atoms with van der Waals surface area (Å²) in [5.41, 5.74) is 1.81. The Labute approximate surface area is 170 Å². The molecule has 0 bridgehead atoms. The Hall–Kier alpha value is -2.75. The molecule has 0 aliphatic carbocycles. The number of carbonyl (C=O) groups excluding carboxylic acids is 2. The minimum atomic E-state index is -3.72. The highest BCUT2D eigenvalue weighted by atomic mass is 32.2. The molecular weight excluding hydrogens is 396 g/mol. The summed E-state index contributed by atoms with van der Waals surface area (Å²) in [5, 5.41) is 2.72. The lowest BCUT2D eigenvalue weighted by molar-refractivity contribution is 0.0600. The van der Waals surface area contributed by atoms with Crippen LogP contribution in [-0.2, 0) is 19.5 Å². The summed E-state index contributed by atoms with van der Waals surface area (Å²) in [6.07, 6.45) is 0. The molecule has 2 N–H and O–H groups in total. The van der Waals surface area contributed by atoms with Gasteiger partial charge in [0.05, 0.1) is 24.2 Å². The van der Waals surface area contributed by atoms with Gasteiger partial charge in [-0.25, -0.2) is 17.9 Å². The number of sulfonamides is 1. The third-order valence-electron chi connectivity index (χ3n) is 4.11. The molecule has 0 spiro atoms. The molecule has 2 aromatic carbocycles. The van der Waals surface area contributed by atoms with Crippen molar-refractivity contribution in [1.82, 2.24) is 4.72 Å². The van der Waals surface area contributed by atoms with Crippen molar-refractivity contribution >= 4 is 27.6 Å². The highest BCUT2D eigenvalue weighted by Crippen LogP contribution is 2.19. The van der Waals surface area contributed by atoms with Gasteiger partial charge in [-0.1, -0.05) is 6.07 Å². The number of esters is 1. The van der Waals surface area contributed by atoms with Crippen LogP contribution in [0.2, 0.25) is 0 Å². The zero-order valence-electron chi connectivity index (χ0n) is 16.7. The van der Waals surface area contributed by atoms with Gasteiger partial charge in [-0.15, -0.1) is 0 Å². The van der Waals surface area contributed by atoms with Crippen molar-refractivity contribution in [3.05, 3.63) is 59.2 Å². The van der Waals surface area contributed by atoms with Gasteiger partial charge in [0, 0.05) is 24.4 Å². The summed E-state index contributed by atoms with van der Waals surface area (Å²) in [6, 6.07) is 9.99. The molecule has 2 aromatic rings. The molecule has 1 amide bonds. The summed E-state index contributed by atoms with van der Waals surface area (Å²) >= 11 is 0. The number of ether oxygens (including phenoxy) is 2. The fraction of sp³-hybridized carbons (Fsp3) is 0.300. The van der Waals surface area contributed by atoms with E-state index >= 15 is 0 Å². The third kappa shape index (κ3) is 5.86. The fourth-order valence-electron chi connectivity index (χ4n) is 2.60. The molecule has 29 heavy (non-hydrogen) atoms. The van der Waals surface area contributed by atoms with Crippen LogP contribution in [0.3, 0.4) is 0 Å². The van der Waals surface area contributed by atoms with Gasteiger partial charge in [-0.05, 0) is 55.8 Å². The van der Waals surface area contributed by atoms with Crippen molar-refractivity contribution in [3.8, 4) is 0 Å². The van der Waals surface area contributed by atoms with Gasteiger partial charge < -0.3 is 14.8 Å². The molecule has 1 atom stereocenters. The van der Waals surface area contributed by atoms with E-state index < -0.39 is 27.9 Å². The maximum absolute atomic E-state index is 12.5. The predicted octanol–water partition coefficient (Wildman–Crippen LogP) is 2.35. The summed E-state index contributed by atoms with van der Waals surface area (Å²) < 4.78 is 36.8. The first kappa shape index (κ1) is 22.5. The number of benzene rings is 2. The second-order valence-corrected chi connectivity index (χ2v) is 8.19. The summed E-state index contributed by atoms with van der Waals surface area (Å²) in [4.78, 5) is 24.3. The molecule has 0 fully saturated rings. The van der Waals surface area contributed by atoms with Crippen molar-refractivity contribution in [1.29, 1.82) is 0 Å². The summed E-state index contributed by atoms with van der Waals surface area (Å²) in [7, 11) is -0.955. The van der Waals surface area contributed by atoms with Crippen LogP contribution < -0.4 is 10.0 Å². The molecule has 0 aromatic heterocycles. The number of anilines is 1. The van der Waals surface area contributed by atoms with Crippen molar-refractivity contribution in [3.63, 3.8) is 0 Å². The van der Waals surface area contributed by atoms with E-state index in [9.17, 15) is 18.0 Å². The van der Waals surface area contributed by atoms with E-state index in [0.29, 0.717) is 11.3 Å². The van der Waals surface area contributed by atoms with Gasteiger partial charge in [0.15, 0.2) is 0 Å². The Morgan fingerprint density at radius 2 is 1.66 bits per heavy atom. The number of methoxy groups -OCH3 is 2. The van der Waals surface area contributed by atoms with Crippen LogP contribution in [0.5, 0.6) is 0 Å². The van der Waals surface area contributed by atoms with Crippen LogP contribution in [0, 0.1) is 6.92 Å². The Morgan fingerprint density at radius 3 is 2.24 bits per heavy atom. The average Bonchev–Trinajstić information content (AvgIpc) is 2.68. The van der Waals surface area contributed by atoms with E-state index in [-0.39, 0.29) is 17.1 Å². The molecule has 0 radical (unpaired) electrons. The number of hydrogen-bond donors (Lipinski definition) is 2. The molecule has 0 heterocycles. The lowest BCUT2D eigenvalue weighted by Gasteiger charge is -2.14. The molecule has 0 aliphatic heterocycles. The fourth-order valence-corrected chi connectivity index (χ4v) is 3.83. The quantitative estimate of drug-likeness (QED) is 0.634. The second-order valence-electron chi connectivity index (χ2n) is 6.48. The van der Waals surface area contributed by atoms with Gasteiger partial charge in [0.2, 0.25) is 10.0 Å². The number of carbonyl (C=O) groups is 2. The average molecular weight is 420 g/mol. The molecular formula is C20H24N2O6S. The summed E-state index contributed by atoms with van der Waals surface area (Å²) in [6.45, 7) is 3.72. The Balaban J connectivity index is 2.16. The van der Waals surface area contributed by atoms with Gasteiger partial charge in [-0.2, -0.15) is 0 Å². The maximum Gasteiger partial charge on any atom is 0.337 e. The van der Waals surface area contributed by atoms with Crippen LogP contribution in [-0.4, -0.2) is 47.2 Å². The first-order chi connectivity index (χ1) is 13.7. The molecule has 156 valence electrons. The first-order valence-electron chi connectivity index (χ1n) is 8.79. The van der Waals surface area contributed by atoms with Gasteiger partial charge in [0.1, 0.15) is 0 Å². The van der Waals surface area contributed by atoms with E-state index in [1.807, 2.05) is 0 Å². The van der Waals surface area contributed by atoms with Gasteiger partial charge in [0.25, 0.3) is 5.91 Å². The van der Waals surface area contributed by atoms with E-state index in [1.165, 1.54) is 44.6 Å². The number of hydrogen-bond acceptors (Lipinski definition) is 6. The lowest BCUT2D eigenvalue weighted by atomic mass is 10.1. The minimum absolute atomic E-state index is 0.0425. The van der Waals surface area contributed by atoms with E-state index in [4.69, 9.17) is 4.74 Å². The van der Waals surface area contributed by atoms with Crippen LogP contribution in [0.25, 0.3) is 0 Å². The minimum Gasteiger partial charge on any atom is -0.465 e. The standard InChI is InChI=1S/C20H24N2O6S/c1-13-5-6-16(20(24)28-4)11-18(13)21-19(23)15-7-9-17(10-8-15)29(25,26)22-14(2)12-27-3/h5-11,14,22H,12H2,1-4H3,(H,21,23)/t14-/m1/s1. The Bertz CT molecular complexity index is 987. The van der Waals surface area contributed by atoms with Crippen LogP contribution >= 0.6 is 0 Å². The molecule has 0 unspecified atom stereocenters. The molecule has 0 saturated heterocycles. The second kappa shape index (κ2) is 9.64. The molecule has 0 aliphatic rings. The number of nitrogens with one attached hydrogen (secondary N) is 2. The van der Waals surface area contributed by atoms with Crippen LogP contribution in [0.1, 0.15) is 33.2 Å². The monoisotopic (exact) mass is 420 g/mol. The van der Waals surface area contributed by atoms with Gasteiger partial charge >= 0.3 is 5.97 Å². The highest BCUT2D eigenvalue weighted by molar-refractivity contribution is 7.89. The summed E-state index contributed by atoms with van der Waals surface area (Å²) in [5.74, 6) is -0.940. The Kier molecular flexibility index (Phi) is 7.49. The van der Waals surface area contributed by atoms with Crippen LogP contribution in [0.15, 0.2) is 47.4 Å². The lowest BCUT2D eigenvalue weighted by Crippen LogP contribution is -2.35. The first-order valence-corrected chi connectivity index (χ1v) is 10.3. The van der Waals surface area contributed by atoms with Crippen molar-refractivity contribution in [2.24, 2.45) is 0 Å². The number of aryl methyl sites for hydroxylation is 1. The van der Waals surface area contributed by atoms with Crippen molar-refractivity contribution < 1.29 is 27.5 Å². The molecule has 2 rings (SSSR count). The molecule has 0 saturated carbocycles. The smallest absolute Gasteiger partial charge is 0.337 e. The largest absolute Gasteiger partial charge is 0.465 e. The Morgan fingerprint density at radius 1 is 1.03 bits per heavy atom. The van der Waals surface area contributed by atoms with E-state index in [1.54, 1.807) is 26.0 Å². The topological polar surface area (TPSA) is 111 Å². The number of amides is 1. The van der Waals surface area contributed by atoms with E-state index in [0.717, 1.165) is 5.56 Å². The van der Waals surface area contributed by atoms with Crippen LogP contribution in [0.4, 0.5) is 5.69 Å². The molecule has 9 heteroatoms. The van der Waals surface area contributed by atoms with Gasteiger partial charge in [-0.3, -0.25) is 4.79 Å². The molecule has 8 nitrogen and oxygen atoms in total. The highest BCUT2D eigenvalue weighted by Gasteiger charge is 2.18. The zero-order valence-corrected chi connectivity index (χ0v) is 17.5. The maximum atomic E-state index is 12.5. The normalized spacial score (nSPS) is 12.3. The SMILES string of the molecule is COC[C@@H](C)NS(=O)(=O)c1ccc(C(=O)Nc2cc(C(=O)OC)ccc2C)cc1. The zero-order chi connectivity index (χ0) is 21.6. The third-order valence-corrected chi connectivity index (χ3v) is 5.71. The van der Waals surface area contributed by atoms with E-state index in [2.05, 4.69) is 14.8 Å². The number of rotatable bonds is 8. The van der Waals surface area contributed by atoms with Crippen molar-refractivity contribution in [2.45, 2.75) is 24.8 Å².